The third-order valence-electron chi connectivity index (χ3n) is 2.77. The topological polar surface area (TPSA) is 56.0 Å². The van der Waals surface area contributed by atoms with Crippen LogP contribution in [0.4, 0.5) is 10.2 Å². The van der Waals surface area contributed by atoms with Crippen molar-refractivity contribution in [1.29, 1.82) is 0 Å². The molecule has 1 aromatic carbocycles. The zero-order valence-electron chi connectivity index (χ0n) is 10.6. The number of aromatic nitrogens is 1. The lowest BCUT2D eigenvalue weighted by molar-refractivity contribution is 0.0991. The van der Waals surface area contributed by atoms with Crippen LogP contribution in [0.1, 0.15) is 26.3 Å². The third-order valence-corrected chi connectivity index (χ3v) is 3.71. The lowest BCUT2D eigenvalue weighted by Gasteiger charge is -2.10. The molecule has 20 heavy (non-hydrogen) atoms. The predicted molar refractivity (Wildman–Crippen MR) is 86.1 cm³/mol. The summed E-state index contributed by atoms with van der Waals surface area (Å²) in [6, 6.07) is 7.65. The number of hydrogen-bond acceptors (Lipinski definition) is 3. The number of Topliss-reactive ketones (excluding diaryl/α,β-unsaturated/α-hetero) is 1. The molecule has 0 bridgehead atoms. The molecule has 0 fully saturated rings. The average Bonchev–Trinajstić information content (AvgIpc) is 2.40. The smallest absolute Gasteiger partial charge is 0.180 e. The Morgan fingerprint density at radius 3 is 2.65 bits per heavy atom. The molecule has 3 nitrogen and oxygen atoms in total. The zero-order chi connectivity index (χ0) is 14.0. The summed E-state index contributed by atoms with van der Waals surface area (Å²) in [4.78, 5) is 15.6. The predicted octanol–water partition coefficient (Wildman–Crippen LogP) is 4.01. The minimum Gasteiger partial charge on any atom is -0.384 e. The number of nitrogens with two attached hydrogens (primary N) is 1. The summed E-state index contributed by atoms with van der Waals surface area (Å²) in [7, 11) is 0. The molecule has 106 valence electrons. The Hall–Kier alpha value is -1.27. The first-order valence-electron chi connectivity index (χ1n) is 5.65. The van der Waals surface area contributed by atoms with Crippen molar-refractivity contribution in [2.75, 3.05) is 5.73 Å². The summed E-state index contributed by atoms with van der Waals surface area (Å²) in [5, 5.41) is 0. The first kappa shape index (κ1) is 16.8. The first-order valence-corrected chi connectivity index (χ1v) is 6.56. The SMILES string of the molecule is Br.Cc1cc(C(=O)C(Br)c2ccnc(N)c2)ccc1F. The summed E-state index contributed by atoms with van der Waals surface area (Å²) >= 11 is 3.34. The Kier molecular flexibility index (Phi) is 5.83. The third kappa shape index (κ3) is 3.64. The quantitative estimate of drug-likeness (QED) is 0.622. The van der Waals surface area contributed by atoms with Gasteiger partial charge >= 0.3 is 0 Å². The van der Waals surface area contributed by atoms with Crippen molar-refractivity contribution in [3.63, 3.8) is 0 Å². The van der Waals surface area contributed by atoms with Gasteiger partial charge in [-0.25, -0.2) is 9.37 Å². The van der Waals surface area contributed by atoms with E-state index in [9.17, 15) is 9.18 Å². The van der Waals surface area contributed by atoms with Crippen molar-refractivity contribution < 1.29 is 9.18 Å². The number of pyridine rings is 1. The fourth-order valence-electron chi connectivity index (χ4n) is 1.72. The van der Waals surface area contributed by atoms with Gasteiger partial charge in [0.1, 0.15) is 16.5 Å². The molecule has 2 N–H and O–H groups in total. The number of alkyl halides is 1. The monoisotopic (exact) mass is 402 g/mol. The molecule has 1 aromatic heterocycles. The number of carbonyl (C=O) groups excluding carboxylic acids is 1. The summed E-state index contributed by atoms with van der Waals surface area (Å²) in [6.07, 6.45) is 1.54. The molecular weight excluding hydrogens is 391 g/mol. The van der Waals surface area contributed by atoms with Crippen molar-refractivity contribution in [2.24, 2.45) is 0 Å². The van der Waals surface area contributed by atoms with Crippen LogP contribution in [-0.2, 0) is 0 Å². The Balaban J connectivity index is 0.00000200. The molecule has 1 unspecified atom stereocenters. The summed E-state index contributed by atoms with van der Waals surface area (Å²) < 4.78 is 13.2. The number of ketones is 1. The molecule has 1 atom stereocenters. The van der Waals surface area contributed by atoms with Gasteiger partial charge in [-0.2, -0.15) is 0 Å². The molecule has 0 radical (unpaired) electrons. The highest BCUT2D eigenvalue weighted by atomic mass is 79.9. The molecule has 0 saturated heterocycles. The van der Waals surface area contributed by atoms with E-state index < -0.39 is 4.83 Å². The molecule has 1 heterocycles. The van der Waals surface area contributed by atoms with E-state index in [2.05, 4.69) is 20.9 Å². The molecule has 2 aromatic rings. The van der Waals surface area contributed by atoms with Crippen LogP contribution < -0.4 is 5.73 Å². The van der Waals surface area contributed by atoms with E-state index in [1.165, 1.54) is 18.2 Å². The molecule has 6 heteroatoms. The Bertz CT molecular complexity index is 634. The van der Waals surface area contributed by atoms with Crippen LogP contribution in [0.25, 0.3) is 0 Å². The largest absolute Gasteiger partial charge is 0.384 e. The second kappa shape index (κ2) is 6.95. The number of anilines is 1. The van der Waals surface area contributed by atoms with E-state index in [0.29, 0.717) is 16.9 Å². The van der Waals surface area contributed by atoms with Crippen LogP contribution in [-0.4, -0.2) is 10.8 Å². The number of rotatable bonds is 3. The highest BCUT2D eigenvalue weighted by molar-refractivity contribution is 9.09. The van der Waals surface area contributed by atoms with Crippen LogP contribution in [0.15, 0.2) is 36.5 Å². The van der Waals surface area contributed by atoms with Crippen molar-refractivity contribution in [3.8, 4) is 0 Å². The molecule has 0 aliphatic heterocycles. The van der Waals surface area contributed by atoms with Crippen LogP contribution in [0.2, 0.25) is 0 Å². The molecule has 0 aliphatic rings. The number of hydrogen-bond donors (Lipinski definition) is 1. The molecule has 0 spiro atoms. The minimum absolute atomic E-state index is 0. The van der Waals surface area contributed by atoms with Crippen molar-refractivity contribution in [1.82, 2.24) is 4.98 Å². The average molecular weight is 404 g/mol. The van der Waals surface area contributed by atoms with Gasteiger partial charge in [0.2, 0.25) is 0 Å². The molecule has 0 amide bonds. The number of nitrogens with zero attached hydrogens (tertiary/aromatic N) is 1. The van der Waals surface area contributed by atoms with Crippen LogP contribution in [0, 0.1) is 12.7 Å². The van der Waals surface area contributed by atoms with E-state index >= 15 is 0 Å². The van der Waals surface area contributed by atoms with Gasteiger partial charge in [-0.15, -0.1) is 17.0 Å². The highest BCUT2D eigenvalue weighted by Gasteiger charge is 2.19. The fraction of sp³-hybridized carbons (Fsp3) is 0.143. The van der Waals surface area contributed by atoms with E-state index in [1.54, 1.807) is 25.3 Å². The van der Waals surface area contributed by atoms with E-state index in [0.717, 1.165) is 5.56 Å². The van der Waals surface area contributed by atoms with Crippen LogP contribution in [0.5, 0.6) is 0 Å². The van der Waals surface area contributed by atoms with Crippen molar-refractivity contribution in [2.45, 2.75) is 11.8 Å². The van der Waals surface area contributed by atoms with E-state index in [-0.39, 0.29) is 28.6 Å². The van der Waals surface area contributed by atoms with Gasteiger partial charge in [-0.3, -0.25) is 4.79 Å². The van der Waals surface area contributed by atoms with Crippen molar-refractivity contribution >= 4 is 44.5 Å². The summed E-state index contributed by atoms with van der Waals surface area (Å²) in [5.41, 5.74) is 7.21. The second-order valence-electron chi connectivity index (χ2n) is 4.20. The Labute approximate surface area is 135 Å². The van der Waals surface area contributed by atoms with Crippen LogP contribution in [0.3, 0.4) is 0 Å². The van der Waals surface area contributed by atoms with Gasteiger partial charge in [0.15, 0.2) is 5.78 Å². The lowest BCUT2D eigenvalue weighted by Crippen LogP contribution is -2.08. The number of nitrogen functional groups attached to an aromatic ring is 1. The summed E-state index contributed by atoms with van der Waals surface area (Å²) in [5.74, 6) is -0.116. The minimum atomic E-state index is -0.525. The zero-order valence-corrected chi connectivity index (χ0v) is 13.9. The van der Waals surface area contributed by atoms with Gasteiger partial charge in [0, 0.05) is 11.8 Å². The Morgan fingerprint density at radius 2 is 2.05 bits per heavy atom. The second-order valence-corrected chi connectivity index (χ2v) is 5.12. The molecule has 0 aliphatic carbocycles. The number of aryl methyl sites for hydroxylation is 1. The molecular formula is C14H13Br2FN2O. The number of halogens is 3. The first-order chi connectivity index (χ1) is 8.99. The van der Waals surface area contributed by atoms with E-state index in [1.807, 2.05) is 0 Å². The van der Waals surface area contributed by atoms with Gasteiger partial charge in [-0.1, -0.05) is 15.9 Å². The van der Waals surface area contributed by atoms with Gasteiger partial charge in [-0.05, 0) is 48.4 Å². The Morgan fingerprint density at radius 1 is 1.35 bits per heavy atom. The van der Waals surface area contributed by atoms with Gasteiger partial charge in [0.05, 0.1) is 0 Å². The normalized spacial score (nSPS) is 11.6. The van der Waals surface area contributed by atoms with Gasteiger partial charge in [0.25, 0.3) is 0 Å². The maximum atomic E-state index is 13.2. The standard InChI is InChI=1S/C14H12BrFN2O.BrH/c1-8-6-10(2-3-11(8)16)14(19)13(15)9-4-5-18-12(17)7-9;/h2-7,13H,1H3,(H2,17,18);1H. The maximum Gasteiger partial charge on any atom is 0.180 e. The van der Waals surface area contributed by atoms with Crippen LogP contribution >= 0.6 is 32.9 Å². The van der Waals surface area contributed by atoms with Crippen molar-refractivity contribution in [3.05, 3.63) is 59.0 Å². The number of carbonyl (C=O) groups is 1. The highest BCUT2D eigenvalue weighted by Crippen LogP contribution is 2.28. The molecule has 2 rings (SSSR count). The molecule has 0 saturated carbocycles. The van der Waals surface area contributed by atoms with Gasteiger partial charge < -0.3 is 5.73 Å². The lowest BCUT2D eigenvalue weighted by atomic mass is 10.0. The fourth-order valence-corrected chi connectivity index (χ4v) is 2.27. The maximum absolute atomic E-state index is 13.2. The van der Waals surface area contributed by atoms with E-state index in [4.69, 9.17) is 5.73 Å². The summed E-state index contributed by atoms with van der Waals surface area (Å²) in [6.45, 7) is 1.62. The number of benzene rings is 1.